The van der Waals surface area contributed by atoms with E-state index in [1.807, 2.05) is 0 Å². The predicted molar refractivity (Wildman–Crippen MR) is 82.3 cm³/mol. The highest BCUT2D eigenvalue weighted by atomic mass is 35.5. The number of aryl methyl sites for hydroxylation is 1. The van der Waals surface area contributed by atoms with Gasteiger partial charge in [0, 0.05) is 0 Å². The zero-order valence-corrected chi connectivity index (χ0v) is 12.8. The molecule has 0 amide bonds. The van der Waals surface area contributed by atoms with Crippen LogP contribution in [-0.4, -0.2) is 9.78 Å². The molecule has 0 bridgehead atoms. The number of rotatable bonds is 2. The van der Waals surface area contributed by atoms with Gasteiger partial charge in [0.15, 0.2) is 0 Å². The number of benzene rings is 2. The molecule has 0 N–H and O–H groups in total. The van der Waals surface area contributed by atoms with Gasteiger partial charge in [-0.05, 0) is 30.7 Å². The fourth-order valence-corrected chi connectivity index (χ4v) is 2.66. The third-order valence-electron chi connectivity index (χ3n) is 3.12. The minimum absolute atomic E-state index is 0.0651. The summed E-state index contributed by atoms with van der Waals surface area (Å²) < 4.78 is 20.0. The molecule has 0 aliphatic carbocycles. The molecule has 0 atom stereocenters. The Kier molecular flexibility index (Phi) is 3.76. The quantitative estimate of drug-likeness (QED) is 0.701. The lowest BCUT2D eigenvalue weighted by molar-refractivity contribution is 0.511. The molecule has 22 heavy (non-hydrogen) atoms. The molecule has 0 aliphatic heterocycles. The Hall–Kier alpha value is -2.11. The molecule has 0 aliphatic rings. The molecule has 112 valence electrons. The standard InChI is InChI=1S/C15H9Cl2FN2O2/c1-8-4-2-6-10(17)13(8)20-15(21)22-14(19-20)12-9(16)5-3-7-11(12)18/h2-7H,1H3. The Labute approximate surface area is 134 Å². The highest BCUT2D eigenvalue weighted by Gasteiger charge is 2.20. The van der Waals surface area contributed by atoms with Crippen molar-refractivity contribution in [1.82, 2.24) is 9.78 Å². The fourth-order valence-electron chi connectivity index (χ4n) is 2.11. The molecule has 0 saturated carbocycles. The molecule has 0 saturated heterocycles. The summed E-state index contributed by atoms with van der Waals surface area (Å²) in [5, 5.41) is 4.46. The van der Waals surface area contributed by atoms with Gasteiger partial charge in [-0.2, -0.15) is 4.68 Å². The Bertz CT molecular complexity index is 878. The smallest absolute Gasteiger partial charge is 0.387 e. The van der Waals surface area contributed by atoms with Gasteiger partial charge in [-0.3, -0.25) is 0 Å². The number of halogens is 3. The third kappa shape index (κ3) is 2.42. The molecule has 7 heteroatoms. The van der Waals surface area contributed by atoms with Gasteiger partial charge < -0.3 is 4.42 Å². The van der Waals surface area contributed by atoms with Crippen LogP contribution < -0.4 is 5.76 Å². The summed E-state index contributed by atoms with van der Waals surface area (Å²) in [6, 6.07) is 9.30. The molecule has 0 unspecified atom stereocenters. The second-order valence-electron chi connectivity index (χ2n) is 4.59. The van der Waals surface area contributed by atoms with Crippen molar-refractivity contribution in [1.29, 1.82) is 0 Å². The van der Waals surface area contributed by atoms with E-state index in [1.165, 1.54) is 18.2 Å². The Balaban J connectivity index is 2.23. The van der Waals surface area contributed by atoms with Crippen molar-refractivity contribution in [2.75, 3.05) is 0 Å². The Morgan fingerprint density at radius 2 is 1.82 bits per heavy atom. The molecule has 0 fully saturated rings. The SMILES string of the molecule is Cc1cccc(Cl)c1-n1nc(-c2c(F)cccc2Cl)oc1=O. The van der Waals surface area contributed by atoms with Crippen LogP contribution in [0.3, 0.4) is 0 Å². The molecule has 0 spiro atoms. The zero-order valence-electron chi connectivity index (χ0n) is 11.3. The maximum Gasteiger partial charge on any atom is 0.442 e. The van der Waals surface area contributed by atoms with Crippen molar-refractivity contribution in [2.24, 2.45) is 0 Å². The van der Waals surface area contributed by atoms with Gasteiger partial charge in [-0.25, -0.2) is 9.18 Å². The van der Waals surface area contributed by atoms with E-state index in [4.69, 9.17) is 27.6 Å². The van der Waals surface area contributed by atoms with Crippen LogP contribution in [0.25, 0.3) is 17.1 Å². The highest BCUT2D eigenvalue weighted by Crippen LogP contribution is 2.29. The van der Waals surface area contributed by atoms with Crippen LogP contribution in [-0.2, 0) is 0 Å². The summed E-state index contributed by atoms with van der Waals surface area (Å²) >= 11 is 12.1. The predicted octanol–water partition coefficient (Wildman–Crippen LogP) is 4.25. The largest absolute Gasteiger partial charge is 0.442 e. The number of para-hydroxylation sites is 1. The second kappa shape index (κ2) is 5.59. The van der Waals surface area contributed by atoms with Crippen LogP contribution in [0.1, 0.15) is 5.56 Å². The van der Waals surface area contributed by atoms with E-state index in [0.717, 1.165) is 10.2 Å². The lowest BCUT2D eigenvalue weighted by atomic mass is 10.2. The highest BCUT2D eigenvalue weighted by molar-refractivity contribution is 6.33. The van der Waals surface area contributed by atoms with Crippen molar-refractivity contribution < 1.29 is 8.81 Å². The summed E-state index contributed by atoms with van der Waals surface area (Å²) in [6.45, 7) is 1.78. The monoisotopic (exact) mass is 338 g/mol. The molecule has 3 rings (SSSR count). The average Bonchev–Trinajstić information content (AvgIpc) is 2.80. The minimum atomic E-state index is -0.773. The lowest BCUT2D eigenvalue weighted by Gasteiger charge is -2.05. The first-order valence-electron chi connectivity index (χ1n) is 6.29. The average molecular weight is 339 g/mol. The van der Waals surface area contributed by atoms with Crippen molar-refractivity contribution in [3.8, 4) is 17.1 Å². The van der Waals surface area contributed by atoms with E-state index in [-0.39, 0.29) is 16.5 Å². The maximum absolute atomic E-state index is 13.9. The Morgan fingerprint density at radius 1 is 1.14 bits per heavy atom. The van der Waals surface area contributed by atoms with Crippen LogP contribution >= 0.6 is 23.2 Å². The summed E-state index contributed by atoms with van der Waals surface area (Å²) in [7, 11) is 0. The molecule has 4 nitrogen and oxygen atoms in total. The first kappa shape index (κ1) is 14.8. The first-order valence-corrected chi connectivity index (χ1v) is 7.04. The van der Waals surface area contributed by atoms with Crippen molar-refractivity contribution in [3.05, 3.63) is 68.4 Å². The molecular weight excluding hydrogens is 330 g/mol. The van der Waals surface area contributed by atoms with Gasteiger partial charge in [0.1, 0.15) is 5.82 Å². The van der Waals surface area contributed by atoms with Gasteiger partial charge in [-0.15, -0.1) is 5.10 Å². The van der Waals surface area contributed by atoms with Crippen LogP contribution in [0, 0.1) is 12.7 Å². The number of nitrogens with zero attached hydrogens (tertiary/aromatic N) is 2. The van der Waals surface area contributed by atoms with Gasteiger partial charge in [-0.1, -0.05) is 41.4 Å². The molecule has 3 aromatic rings. The number of hydrogen-bond acceptors (Lipinski definition) is 3. The Morgan fingerprint density at radius 3 is 2.50 bits per heavy atom. The molecule has 1 heterocycles. The van der Waals surface area contributed by atoms with Crippen LogP contribution in [0.4, 0.5) is 4.39 Å². The maximum atomic E-state index is 13.9. The minimum Gasteiger partial charge on any atom is -0.387 e. The van der Waals surface area contributed by atoms with E-state index < -0.39 is 11.6 Å². The van der Waals surface area contributed by atoms with E-state index in [0.29, 0.717) is 10.7 Å². The van der Waals surface area contributed by atoms with Crippen molar-refractivity contribution in [3.63, 3.8) is 0 Å². The number of hydrogen-bond donors (Lipinski definition) is 0. The molecule has 2 aromatic carbocycles. The normalized spacial score (nSPS) is 10.9. The summed E-state index contributed by atoms with van der Waals surface area (Å²) in [4.78, 5) is 12.1. The van der Waals surface area contributed by atoms with Crippen LogP contribution in [0.5, 0.6) is 0 Å². The van der Waals surface area contributed by atoms with Crippen molar-refractivity contribution >= 4 is 23.2 Å². The van der Waals surface area contributed by atoms with Gasteiger partial charge in [0.05, 0.1) is 21.3 Å². The summed E-state index contributed by atoms with van der Waals surface area (Å²) in [5.74, 6) is -1.60. The molecule has 0 radical (unpaired) electrons. The van der Waals surface area contributed by atoms with E-state index >= 15 is 0 Å². The van der Waals surface area contributed by atoms with E-state index in [2.05, 4.69) is 5.10 Å². The fraction of sp³-hybridized carbons (Fsp3) is 0.0667. The van der Waals surface area contributed by atoms with Crippen LogP contribution in [0.2, 0.25) is 10.0 Å². The number of aromatic nitrogens is 2. The van der Waals surface area contributed by atoms with Gasteiger partial charge >= 0.3 is 5.76 Å². The zero-order chi connectivity index (χ0) is 15.9. The lowest BCUT2D eigenvalue weighted by Crippen LogP contribution is -2.15. The van der Waals surface area contributed by atoms with Gasteiger partial charge in [0.25, 0.3) is 5.89 Å². The van der Waals surface area contributed by atoms with Crippen LogP contribution in [0.15, 0.2) is 45.6 Å². The topological polar surface area (TPSA) is 48.0 Å². The summed E-state index contributed by atoms with van der Waals surface area (Å²) in [6.07, 6.45) is 0. The second-order valence-corrected chi connectivity index (χ2v) is 5.40. The van der Waals surface area contributed by atoms with E-state index in [1.54, 1.807) is 25.1 Å². The third-order valence-corrected chi connectivity index (χ3v) is 3.74. The van der Waals surface area contributed by atoms with Gasteiger partial charge in [0.2, 0.25) is 0 Å². The molecule has 1 aromatic heterocycles. The van der Waals surface area contributed by atoms with Crippen molar-refractivity contribution in [2.45, 2.75) is 6.92 Å². The summed E-state index contributed by atoms with van der Waals surface area (Å²) in [5.41, 5.74) is 1.05. The first-order chi connectivity index (χ1) is 10.5. The van der Waals surface area contributed by atoms with E-state index in [9.17, 15) is 9.18 Å². The molecular formula is C15H9Cl2FN2O2.